The molecule has 1 aromatic heterocycles. The fraction of sp³-hybridized carbons (Fsp3) is 0. The Balaban J connectivity index is 2.44. The van der Waals surface area contributed by atoms with Crippen molar-refractivity contribution in [1.82, 2.24) is 0 Å². The van der Waals surface area contributed by atoms with Crippen LogP contribution in [0.1, 0.15) is 0 Å². The molecule has 0 bridgehead atoms. The summed E-state index contributed by atoms with van der Waals surface area (Å²) in [7, 11) is 0. The van der Waals surface area contributed by atoms with E-state index < -0.39 is 11.1 Å². The summed E-state index contributed by atoms with van der Waals surface area (Å²) in [6, 6.07) is 3.40. The largest absolute Gasteiger partial charge is 0.393 e. The van der Waals surface area contributed by atoms with Crippen LogP contribution >= 0.6 is 69.3 Å². The van der Waals surface area contributed by atoms with Crippen LogP contribution in [0.4, 0.5) is 0 Å². The van der Waals surface area contributed by atoms with Gasteiger partial charge in [0.05, 0.1) is 15.1 Å². The summed E-state index contributed by atoms with van der Waals surface area (Å²) >= 11 is 29.0. The Morgan fingerprint density at radius 1 is 0.947 bits per heavy atom. The van der Waals surface area contributed by atoms with Crippen molar-refractivity contribution < 1.29 is 8.39 Å². The van der Waals surface area contributed by atoms with E-state index in [0.717, 1.165) is 0 Å². The van der Waals surface area contributed by atoms with Gasteiger partial charge in [-0.05, 0) is 11.4 Å². The van der Waals surface area contributed by atoms with Crippen LogP contribution in [0.25, 0.3) is 0 Å². The van der Waals surface area contributed by atoms with Crippen molar-refractivity contribution in [3.63, 3.8) is 0 Å². The Hall–Kier alpha value is 0.320. The molecule has 1 unspecified atom stereocenters. The fourth-order valence-electron chi connectivity index (χ4n) is 1.13. The first-order valence-electron chi connectivity index (χ1n) is 4.58. The SMILES string of the molecule is O=S(Oc1c(Cl)c(Cl)c(Cl)c(Cl)c1Cl)c1cccs1. The van der Waals surface area contributed by atoms with Crippen molar-refractivity contribution >= 4 is 80.4 Å². The summed E-state index contributed by atoms with van der Waals surface area (Å²) in [5, 5.41) is 1.71. The van der Waals surface area contributed by atoms with Crippen LogP contribution in [-0.2, 0) is 11.1 Å². The van der Waals surface area contributed by atoms with Gasteiger partial charge in [-0.15, -0.1) is 11.3 Å². The van der Waals surface area contributed by atoms with Crippen LogP contribution in [0.5, 0.6) is 5.75 Å². The Labute approximate surface area is 140 Å². The molecule has 0 spiro atoms. The van der Waals surface area contributed by atoms with Gasteiger partial charge in [0.15, 0.2) is 5.75 Å². The number of halogens is 5. The zero-order chi connectivity index (χ0) is 14.2. The van der Waals surface area contributed by atoms with E-state index in [1.165, 1.54) is 11.3 Å². The first-order valence-corrected chi connectivity index (χ1v) is 8.43. The summed E-state index contributed by atoms with van der Waals surface area (Å²) in [4.78, 5) is 0. The van der Waals surface area contributed by atoms with Gasteiger partial charge in [0.1, 0.15) is 14.3 Å². The molecule has 102 valence electrons. The second-order valence-electron chi connectivity index (χ2n) is 3.15. The lowest BCUT2D eigenvalue weighted by atomic mass is 10.3. The van der Waals surface area contributed by atoms with Crippen LogP contribution < -0.4 is 4.18 Å². The van der Waals surface area contributed by atoms with Crippen molar-refractivity contribution in [3.05, 3.63) is 42.6 Å². The first kappa shape index (κ1) is 15.7. The highest BCUT2D eigenvalue weighted by Gasteiger charge is 2.23. The Morgan fingerprint density at radius 3 is 1.95 bits per heavy atom. The predicted molar refractivity (Wildman–Crippen MR) is 82.8 cm³/mol. The number of rotatable bonds is 3. The van der Waals surface area contributed by atoms with Gasteiger partial charge in [-0.2, -0.15) is 0 Å². The van der Waals surface area contributed by atoms with Crippen molar-refractivity contribution in [1.29, 1.82) is 0 Å². The normalized spacial score (nSPS) is 12.5. The highest BCUT2D eigenvalue weighted by atomic mass is 35.5. The second kappa shape index (κ2) is 6.39. The molecule has 2 aromatic rings. The van der Waals surface area contributed by atoms with Gasteiger partial charge in [0, 0.05) is 0 Å². The number of hydrogen-bond acceptors (Lipinski definition) is 3. The number of benzene rings is 1. The number of hydrogen-bond donors (Lipinski definition) is 0. The van der Waals surface area contributed by atoms with Crippen LogP contribution in [0.3, 0.4) is 0 Å². The lowest BCUT2D eigenvalue weighted by molar-refractivity contribution is 0.564. The Kier molecular flexibility index (Phi) is 5.28. The molecule has 9 heteroatoms. The minimum atomic E-state index is -1.76. The standard InChI is InChI=1S/C10H3Cl5O2S2/c11-5-6(12)8(14)10(9(15)7(5)13)17-19(16)4-2-1-3-18-4/h1-3H. The molecule has 1 aromatic carbocycles. The molecular formula is C10H3Cl5O2S2. The first-order chi connectivity index (χ1) is 8.93. The molecule has 0 aliphatic rings. The fourth-order valence-corrected chi connectivity index (χ4v) is 4.04. The maximum atomic E-state index is 12.0. The lowest BCUT2D eigenvalue weighted by Crippen LogP contribution is -2.01. The van der Waals surface area contributed by atoms with Crippen LogP contribution in [0.2, 0.25) is 25.1 Å². The molecule has 2 nitrogen and oxygen atoms in total. The maximum absolute atomic E-state index is 12.0. The van der Waals surface area contributed by atoms with E-state index in [9.17, 15) is 4.21 Å². The molecule has 0 radical (unpaired) electrons. The Morgan fingerprint density at radius 2 is 1.47 bits per heavy atom. The van der Waals surface area contributed by atoms with E-state index in [1.807, 2.05) is 0 Å². The molecule has 0 N–H and O–H groups in total. The van der Waals surface area contributed by atoms with Gasteiger partial charge >= 0.3 is 0 Å². The zero-order valence-corrected chi connectivity index (χ0v) is 14.2. The molecule has 2 rings (SSSR count). The van der Waals surface area contributed by atoms with E-state index in [4.69, 9.17) is 62.2 Å². The molecule has 0 amide bonds. The molecule has 0 aliphatic heterocycles. The molecular weight excluding hydrogens is 394 g/mol. The molecule has 0 saturated carbocycles. The summed E-state index contributed by atoms with van der Waals surface area (Å²) < 4.78 is 17.7. The topological polar surface area (TPSA) is 26.3 Å². The van der Waals surface area contributed by atoms with Gasteiger partial charge in [-0.3, -0.25) is 0 Å². The average molecular weight is 397 g/mol. The summed E-state index contributed by atoms with van der Waals surface area (Å²) in [6.07, 6.45) is 0. The van der Waals surface area contributed by atoms with E-state index in [2.05, 4.69) is 0 Å². The highest BCUT2D eigenvalue weighted by Crippen LogP contribution is 2.48. The molecule has 0 fully saturated rings. The van der Waals surface area contributed by atoms with Gasteiger partial charge in [-0.1, -0.05) is 64.1 Å². The minimum absolute atomic E-state index is 0.00378. The van der Waals surface area contributed by atoms with E-state index >= 15 is 0 Å². The second-order valence-corrected chi connectivity index (χ2v) is 7.32. The summed E-state index contributed by atoms with van der Waals surface area (Å²) in [5.74, 6) is -0.0607. The van der Waals surface area contributed by atoms with Gasteiger partial charge in [0.2, 0.25) is 0 Å². The van der Waals surface area contributed by atoms with Gasteiger partial charge < -0.3 is 4.18 Å². The smallest absolute Gasteiger partial charge is 0.251 e. The van der Waals surface area contributed by atoms with Crippen LogP contribution in [-0.4, -0.2) is 4.21 Å². The van der Waals surface area contributed by atoms with E-state index in [1.54, 1.807) is 17.5 Å². The molecule has 1 atom stereocenters. The molecule has 19 heavy (non-hydrogen) atoms. The zero-order valence-electron chi connectivity index (χ0n) is 8.75. The van der Waals surface area contributed by atoms with Crippen LogP contribution in [0, 0.1) is 0 Å². The lowest BCUT2D eigenvalue weighted by Gasteiger charge is -2.11. The van der Waals surface area contributed by atoms with Crippen molar-refractivity contribution in [2.75, 3.05) is 0 Å². The molecule has 0 aliphatic carbocycles. The third-order valence-corrected chi connectivity index (χ3v) is 6.37. The number of thiophene rings is 1. The van der Waals surface area contributed by atoms with Crippen LogP contribution in [0.15, 0.2) is 21.7 Å². The monoisotopic (exact) mass is 394 g/mol. The predicted octanol–water partition coefficient (Wildman–Crippen LogP) is 6.12. The van der Waals surface area contributed by atoms with Crippen molar-refractivity contribution in [2.24, 2.45) is 0 Å². The van der Waals surface area contributed by atoms with Gasteiger partial charge in [0.25, 0.3) is 11.1 Å². The summed E-state index contributed by atoms with van der Waals surface area (Å²) in [6.45, 7) is 0. The highest BCUT2D eigenvalue weighted by molar-refractivity contribution is 7.83. The minimum Gasteiger partial charge on any atom is -0.393 e. The maximum Gasteiger partial charge on any atom is 0.251 e. The quantitative estimate of drug-likeness (QED) is 0.462. The van der Waals surface area contributed by atoms with Crippen molar-refractivity contribution in [2.45, 2.75) is 4.21 Å². The third kappa shape index (κ3) is 3.16. The van der Waals surface area contributed by atoms with E-state index in [-0.39, 0.29) is 30.9 Å². The van der Waals surface area contributed by atoms with E-state index in [0.29, 0.717) is 4.21 Å². The molecule has 0 saturated heterocycles. The third-order valence-electron chi connectivity index (χ3n) is 1.99. The molecule has 1 heterocycles. The van der Waals surface area contributed by atoms with Gasteiger partial charge in [-0.25, -0.2) is 4.21 Å². The average Bonchev–Trinajstić information content (AvgIpc) is 2.93. The van der Waals surface area contributed by atoms with Crippen molar-refractivity contribution in [3.8, 4) is 5.75 Å². The summed E-state index contributed by atoms with van der Waals surface area (Å²) in [5.41, 5.74) is 0. The Bertz CT molecular complexity index is 613.